The van der Waals surface area contributed by atoms with Gasteiger partial charge in [-0.25, -0.2) is 0 Å². The Morgan fingerprint density at radius 2 is 1.82 bits per heavy atom. The summed E-state index contributed by atoms with van der Waals surface area (Å²) in [5, 5.41) is 3.33. The first-order valence-corrected chi connectivity index (χ1v) is 5.53. The summed E-state index contributed by atoms with van der Waals surface area (Å²) in [6.45, 7) is 0. The average Bonchev–Trinajstić information content (AvgIpc) is 2.82. The molecule has 3 heteroatoms. The standard InChI is InChI=1S/C14H13NO2/c1-16-11-8-6-10(7-9-11)14-15-12-4-2-3-5-13(12)17-14/h2-9,14-15H,1H3. The SMILES string of the molecule is COc1ccc(C2Nc3ccccc3O2)cc1. The van der Waals surface area contributed by atoms with Gasteiger partial charge >= 0.3 is 0 Å². The molecule has 1 atom stereocenters. The summed E-state index contributed by atoms with van der Waals surface area (Å²) < 4.78 is 10.9. The molecule has 0 aromatic heterocycles. The molecule has 0 saturated heterocycles. The van der Waals surface area contributed by atoms with Gasteiger partial charge in [0.2, 0.25) is 0 Å². The predicted octanol–water partition coefficient (Wildman–Crippen LogP) is 3.20. The normalized spacial score (nSPS) is 16.9. The summed E-state index contributed by atoms with van der Waals surface area (Å²) in [4.78, 5) is 0. The lowest BCUT2D eigenvalue weighted by Crippen LogP contribution is -2.09. The maximum absolute atomic E-state index is 5.81. The summed E-state index contributed by atoms with van der Waals surface area (Å²) in [7, 11) is 1.66. The second-order valence-electron chi connectivity index (χ2n) is 3.91. The van der Waals surface area contributed by atoms with E-state index in [4.69, 9.17) is 9.47 Å². The van der Waals surface area contributed by atoms with E-state index in [1.807, 2.05) is 48.5 Å². The predicted molar refractivity (Wildman–Crippen MR) is 66.4 cm³/mol. The van der Waals surface area contributed by atoms with Gasteiger partial charge in [-0.1, -0.05) is 12.1 Å². The zero-order valence-electron chi connectivity index (χ0n) is 9.51. The van der Waals surface area contributed by atoms with Crippen LogP contribution in [-0.2, 0) is 0 Å². The quantitative estimate of drug-likeness (QED) is 0.854. The first-order chi connectivity index (χ1) is 8.36. The summed E-state index contributed by atoms with van der Waals surface area (Å²) in [6.07, 6.45) is -0.113. The number of rotatable bonds is 2. The number of hydrogen-bond donors (Lipinski definition) is 1. The number of benzene rings is 2. The van der Waals surface area contributed by atoms with Crippen LogP contribution in [-0.4, -0.2) is 7.11 Å². The van der Waals surface area contributed by atoms with Crippen LogP contribution in [0.2, 0.25) is 0 Å². The topological polar surface area (TPSA) is 30.5 Å². The molecular weight excluding hydrogens is 214 g/mol. The third-order valence-corrected chi connectivity index (χ3v) is 2.84. The van der Waals surface area contributed by atoms with Crippen molar-refractivity contribution in [3.63, 3.8) is 0 Å². The second-order valence-corrected chi connectivity index (χ2v) is 3.91. The Morgan fingerprint density at radius 1 is 1.06 bits per heavy atom. The minimum atomic E-state index is -0.113. The van der Waals surface area contributed by atoms with Crippen LogP contribution in [0.25, 0.3) is 0 Å². The zero-order valence-corrected chi connectivity index (χ0v) is 9.51. The Bertz CT molecular complexity index is 497. The highest BCUT2D eigenvalue weighted by Gasteiger charge is 2.22. The number of anilines is 1. The maximum Gasteiger partial charge on any atom is 0.196 e. The van der Waals surface area contributed by atoms with Crippen LogP contribution in [0.5, 0.6) is 11.5 Å². The van der Waals surface area contributed by atoms with Gasteiger partial charge in [-0.3, -0.25) is 0 Å². The Kier molecular flexibility index (Phi) is 2.37. The van der Waals surface area contributed by atoms with Crippen LogP contribution in [0.15, 0.2) is 48.5 Å². The molecule has 0 spiro atoms. The molecule has 0 bridgehead atoms. The number of methoxy groups -OCH3 is 1. The third-order valence-electron chi connectivity index (χ3n) is 2.84. The molecule has 0 amide bonds. The van der Waals surface area contributed by atoms with Crippen LogP contribution < -0.4 is 14.8 Å². The summed E-state index contributed by atoms with van der Waals surface area (Å²) >= 11 is 0. The molecule has 0 fully saturated rings. The average molecular weight is 227 g/mol. The largest absolute Gasteiger partial charge is 0.497 e. The lowest BCUT2D eigenvalue weighted by molar-refractivity contribution is 0.259. The van der Waals surface area contributed by atoms with E-state index in [1.54, 1.807) is 7.11 Å². The van der Waals surface area contributed by atoms with Crippen LogP contribution in [0.4, 0.5) is 5.69 Å². The fourth-order valence-corrected chi connectivity index (χ4v) is 1.92. The molecule has 3 rings (SSSR count). The van der Waals surface area contributed by atoms with Crippen molar-refractivity contribution in [2.45, 2.75) is 6.23 Å². The molecule has 1 heterocycles. The van der Waals surface area contributed by atoms with Gasteiger partial charge in [0, 0.05) is 5.56 Å². The van der Waals surface area contributed by atoms with Gasteiger partial charge in [-0.2, -0.15) is 0 Å². The summed E-state index contributed by atoms with van der Waals surface area (Å²) in [5.41, 5.74) is 2.12. The van der Waals surface area contributed by atoms with E-state index in [0.717, 1.165) is 22.7 Å². The number of hydrogen-bond acceptors (Lipinski definition) is 3. The fraction of sp³-hybridized carbons (Fsp3) is 0.143. The highest BCUT2D eigenvalue weighted by atomic mass is 16.5. The molecule has 1 aliphatic heterocycles. The van der Waals surface area contributed by atoms with Gasteiger partial charge < -0.3 is 14.8 Å². The molecule has 1 unspecified atom stereocenters. The van der Waals surface area contributed by atoms with Crippen molar-refractivity contribution in [2.24, 2.45) is 0 Å². The molecule has 17 heavy (non-hydrogen) atoms. The van der Waals surface area contributed by atoms with Crippen LogP contribution >= 0.6 is 0 Å². The molecule has 3 nitrogen and oxygen atoms in total. The summed E-state index contributed by atoms with van der Waals surface area (Å²) in [6, 6.07) is 15.8. The molecular formula is C14H13NO2. The van der Waals surface area contributed by atoms with Gasteiger partial charge in [-0.15, -0.1) is 0 Å². The number of ether oxygens (including phenoxy) is 2. The summed E-state index contributed by atoms with van der Waals surface area (Å²) in [5.74, 6) is 1.75. The minimum absolute atomic E-state index is 0.113. The van der Waals surface area contributed by atoms with Crippen LogP contribution in [0.3, 0.4) is 0 Å². The molecule has 86 valence electrons. The van der Waals surface area contributed by atoms with Crippen LogP contribution in [0.1, 0.15) is 11.8 Å². The molecule has 0 radical (unpaired) electrons. The van der Waals surface area contributed by atoms with Crippen molar-refractivity contribution >= 4 is 5.69 Å². The van der Waals surface area contributed by atoms with E-state index in [1.165, 1.54) is 0 Å². The van der Waals surface area contributed by atoms with E-state index in [-0.39, 0.29) is 6.23 Å². The number of para-hydroxylation sites is 2. The Hall–Kier alpha value is -2.16. The second kappa shape index (κ2) is 4.01. The van der Waals surface area contributed by atoms with Crippen molar-refractivity contribution in [2.75, 3.05) is 12.4 Å². The lowest BCUT2D eigenvalue weighted by atomic mass is 10.2. The highest BCUT2D eigenvalue weighted by molar-refractivity contribution is 5.60. The smallest absolute Gasteiger partial charge is 0.196 e. The van der Waals surface area contributed by atoms with Crippen molar-refractivity contribution in [3.05, 3.63) is 54.1 Å². The van der Waals surface area contributed by atoms with Gasteiger partial charge in [0.1, 0.15) is 11.5 Å². The fourth-order valence-electron chi connectivity index (χ4n) is 1.92. The Labute approximate surface area is 100.0 Å². The first-order valence-electron chi connectivity index (χ1n) is 5.53. The molecule has 2 aromatic rings. The third kappa shape index (κ3) is 1.80. The van der Waals surface area contributed by atoms with E-state index in [2.05, 4.69) is 5.32 Å². The zero-order chi connectivity index (χ0) is 11.7. The van der Waals surface area contributed by atoms with E-state index >= 15 is 0 Å². The number of fused-ring (bicyclic) bond motifs is 1. The van der Waals surface area contributed by atoms with Crippen molar-refractivity contribution in [1.29, 1.82) is 0 Å². The number of nitrogens with one attached hydrogen (secondary N) is 1. The van der Waals surface area contributed by atoms with Gasteiger partial charge in [-0.05, 0) is 36.4 Å². The maximum atomic E-state index is 5.81. The van der Waals surface area contributed by atoms with Crippen molar-refractivity contribution in [1.82, 2.24) is 0 Å². The Morgan fingerprint density at radius 3 is 2.53 bits per heavy atom. The molecule has 1 aliphatic rings. The molecule has 0 saturated carbocycles. The van der Waals surface area contributed by atoms with Gasteiger partial charge in [0.05, 0.1) is 12.8 Å². The molecule has 2 aromatic carbocycles. The van der Waals surface area contributed by atoms with Crippen molar-refractivity contribution in [3.8, 4) is 11.5 Å². The Balaban J connectivity index is 1.83. The van der Waals surface area contributed by atoms with E-state index in [0.29, 0.717) is 0 Å². The first kappa shape index (κ1) is 10.0. The van der Waals surface area contributed by atoms with E-state index in [9.17, 15) is 0 Å². The van der Waals surface area contributed by atoms with E-state index < -0.39 is 0 Å². The highest BCUT2D eigenvalue weighted by Crippen LogP contribution is 2.37. The van der Waals surface area contributed by atoms with Gasteiger partial charge in [0.25, 0.3) is 0 Å². The van der Waals surface area contributed by atoms with Crippen molar-refractivity contribution < 1.29 is 9.47 Å². The molecule has 1 N–H and O–H groups in total. The monoisotopic (exact) mass is 227 g/mol. The van der Waals surface area contributed by atoms with Crippen LogP contribution in [0, 0.1) is 0 Å². The lowest BCUT2D eigenvalue weighted by Gasteiger charge is -2.11. The molecule has 0 aliphatic carbocycles. The minimum Gasteiger partial charge on any atom is -0.497 e. The van der Waals surface area contributed by atoms with Gasteiger partial charge in [0.15, 0.2) is 6.23 Å².